The third-order valence-electron chi connectivity index (χ3n) is 3.27. The van der Waals surface area contributed by atoms with E-state index < -0.39 is 0 Å². The summed E-state index contributed by atoms with van der Waals surface area (Å²) in [6.45, 7) is 1.62. The van der Waals surface area contributed by atoms with E-state index in [1.165, 1.54) is 32.1 Å². The third-order valence-corrected chi connectivity index (χ3v) is 3.27. The quantitative estimate of drug-likeness (QED) is 0.608. The minimum Gasteiger partial charge on any atom is -0.492 e. The molecule has 0 bridgehead atoms. The van der Waals surface area contributed by atoms with Gasteiger partial charge in [-0.05, 0) is 25.0 Å². The SMILES string of the molecule is Nc1cccc(OCCNC2CCCCC2)c1. The van der Waals surface area contributed by atoms with Crippen molar-refractivity contribution in [1.82, 2.24) is 5.32 Å². The van der Waals surface area contributed by atoms with E-state index in [1.807, 2.05) is 24.3 Å². The van der Waals surface area contributed by atoms with Crippen molar-refractivity contribution >= 4 is 5.69 Å². The molecule has 2 rings (SSSR count). The van der Waals surface area contributed by atoms with E-state index in [0.717, 1.165) is 18.0 Å². The van der Waals surface area contributed by atoms with Gasteiger partial charge in [0.25, 0.3) is 0 Å². The molecule has 1 aromatic carbocycles. The molecule has 3 N–H and O–H groups in total. The first kappa shape index (κ1) is 12.2. The number of anilines is 1. The Bertz CT molecular complexity index is 335. The average molecular weight is 234 g/mol. The number of nitrogen functional groups attached to an aromatic ring is 1. The lowest BCUT2D eigenvalue weighted by atomic mass is 9.96. The van der Waals surface area contributed by atoms with Gasteiger partial charge in [-0.3, -0.25) is 0 Å². The van der Waals surface area contributed by atoms with Crippen LogP contribution in [0.2, 0.25) is 0 Å². The first-order valence-electron chi connectivity index (χ1n) is 6.56. The fourth-order valence-electron chi connectivity index (χ4n) is 2.34. The highest BCUT2D eigenvalue weighted by Gasteiger charge is 2.11. The molecule has 1 fully saturated rings. The van der Waals surface area contributed by atoms with Crippen molar-refractivity contribution in [2.75, 3.05) is 18.9 Å². The van der Waals surface area contributed by atoms with Crippen molar-refractivity contribution in [3.05, 3.63) is 24.3 Å². The van der Waals surface area contributed by atoms with Crippen LogP contribution in [-0.4, -0.2) is 19.2 Å². The van der Waals surface area contributed by atoms with Crippen LogP contribution in [0.3, 0.4) is 0 Å². The van der Waals surface area contributed by atoms with Gasteiger partial charge >= 0.3 is 0 Å². The van der Waals surface area contributed by atoms with Gasteiger partial charge in [0.1, 0.15) is 12.4 Å². The van der Waals surface area contributed by atoms with Crippen molar-refractivity contribution in [3.8, 4) is 5.75 Å². The van der Waals surface area contributed by atoms with E-state index in [4.69, 9.17) is 10.5 Å². The molecule has 0 saturated heterocycles. The third kappa shape index (κ3) is 4.27. The normalized spacial score (nSPS) is 16.9. The van der Waals surface area contributed by atoms with Gasteiger partial charge in [0.2, 0.25) is 0 Å². The van der Waals surface area contributed by atoms with Crippen molar-refractivity contribution in [3.63, 3.8) is 0 Å². The summed E-state index contributed by atoms with van der Waals surface area (Å²) in [6, 6.07) is 8.29. The number of ether oxygens (including phenoxy) is 1. The standard InChI is InChI=1S/C14H22N2O/c15-12-5-4-8-14(11-12)17-10-9-16-13-6-2-1-3-7-13/h4-5,8,11,13,16H,1-3,6-7,9-10,15H2. The summed E-state index contributed by atoms with van der Waals surface area (Å²) in [5, 5.41) is 3.55. The number of hydrogen-bond acceptors (Lipinski definition) is 3. The second kappa shape index (κ2) is 6.50. The minimum atomic E-state index is 0.702. The predicted molar refractivity (Wildman–Crippen MR) is 71.2 cm³/mol. The number of nitrogens with two attached hydrogens (primary N) is 1. The van der Waals surface area contributed by atoms with Gasteiger partial charge < -0.3 is 15.8 Å². The largest absolute Gasteiger partial charge is 0.492 e. The summed E-state index contributed by atoms with van der Waals surface area (Å²) in [5.74, 6) is 0.857. The molecule has 0 unspecified atom stereocenters. The van der Waals surface area contributed by atoms with Crippen LogP contribution in [0.4, 0.5) is 5.69 Å². The van der Waals surface area contributed by atoms with Gasteiger partial charge in [-0.2, -0.15) is 0 Å². The maximum atomic E-state index is 5.68. The molecule has 0 aliphatic heterocycles. The molecular weight excluding hydrogens is 212 g/mol. The van der Waals surface area contributed by atoms with Crippen LogP contribution in [-0.2, 0) is 0 Å². The molecule has 0 aromatic heterocycles. The Morgan fingerprint density at radius 2 is 2.06 bits per heavy atom. The fraction of sp³-hybridized carbons (Fsp3) is 0.571. The topological polar surface area (TPSA) is 47.3 Å². The van der Waals surface area contributed by atoms with Crippen molar-refractivity contribution in [2.24, 2.45) is 0 Å². The Morgan fingerprint density at radius 3 is 2.82 bits per heavy atom. The van der Waals surface area contributed by atoms with Gasteiger partial charge in [0, 0.05) is 24.3 Å². The van der Waals surface area contributed by atoms with Crippen LogP contribution in [0.15, 0.2) is 24.3 Å². The Balaban J connectivity index is 1.62. The first-order valence-corrected chi connectivity index (χ1v) is 6.56. The molecule has 3 nitrogen and oxygen atoms in total. The second-order valence-electron chi connectivity index (χ2n) is 4.71. The smallest absolute Gasteiger partial charge is 0.121 e. The van der Waals surface area contributed by atoms with Crippen molar-refractivity contribution < 1.29 is 4.74 Å². The van der Waals surface area contributed by atoms with E-state index in [1.54, 1.807) is 0 Å². The van der Waals surface area contributed by atoms with Crippen LogP contribution in [0.5, 0.6) is 5.75 Å². The zero-order chi connectivity index (χ0) is 11.9. The molecule has 0 spiro atoms. The van der Waals surface area contributed by atoms with Crippen LogP contribution in [0, 0.1) is 0 Å². The number of hydrogen-bond donors (Lipinski definition) is 2. The number of rotatable bonds is 5. The van der Waals surface area contributed by atoms with E-state index in [0.29, 0.717) is 12.6 Å². The van der Waals surface area contributed by atoms with Crippen LogP contribution in [0.25, 0.3) is 0 Å². The van der Waals surface area contributed by atoms with E-state index in [-0.39, 0.29) is 0 Å². The molecule has 0 atom stereocenters. The summed E-state index contributed by atoms with van der Waals surface area (Å²) >= 11 is 0. The van der Waals surface area contributed by atoms with E-state index in [9.17, 15) is 0 Å². The molecule has 1 saturated carbocycles. The average Bonchev–Trinajstić information content (AvgIpc) is 2.36. The molecule has 17 heavy (non-hydrogen) atoms. The lowest BCUT2D eigenvalue weighted by Gasteiger charge is -2.22. The van der Waals surface area contributed by atoms with Gasteiger partial charge in [-0.15, -0.1) is 0 Å². The molecule has 1 aliphatic carbocycles. The molecule has 0 radical (unpaired) electrons. The molecule has 1 aromatic rings. The minimum absolute atomic E-state index is 0.702. The van der Waals surface area contributed by atoms with E-state index in [2.05, 4.69) is 5.32 Å². The van der Waals surface area contributed by atoms with E-state index >= 15 is 0 Å². The Kier molecular flexibility index (Phi) is 4.68. The van der Waals surface area contributed by atoms with Crippen molar-refractivity contribution in [2.45, 2.75) is 38.1 Å². The second-order valence-corrected chi connectivity index (χ2v) is 4.71. The summed E-state index contributed by atoms with van der Waals surface area (Å²) in [7, 11) is 0. The molecule has 94 valence electrons. The van der Waals surface area contributed by atoms with Gasteiger partial charge in [-0.25, -0.2) is 0 Å². The summed E-state index contributed by atoms with van der Waals surface area (Å²) < 4.78 is 5.64. The fourth-order valence-corrected chi connectivity index (χ4v) is 2.34. The zero-order valence-electron chi connectivity index (χ0n) is 10.3. The predicted octanol–water partition coefficient (Wildman–Crippen LogP) is 2.57. The summed E-state index contributed by atoms with van der Waals surface area (Å²) in [4.78, 5) is 0. The van der Waals surface area contributed by atoms with Crippen molar-refractivity contribution in [1.29, 1.82) is 0 Å². The Morgan fingerprint density at radius 1 is 1.24 bits per heavy atom. The maximum absolute atomic E-state index is 5.68. The van der Waals surface area contributed by atoms with Crippen LogP contribution < -0.4 is 15.8 Å². The highest BCUT2D eigenvalue weighted by Crippen LogP contribution is 2.17. The van der Waals surface area contributed by atoms with Gasteiger partial charge in [-0.1, -0.05) is 25.3 Å². The summed E-state index contributed by atoms with van der Waals surface area (Å²) in [6.07, 6.45) is 6.77. The first-order chi connectivity index (χ1) is 8.34. The lowest BCUT2D eigenvalue weighted by molar-refractivity contribution is 0.289. The number of nitrogens with one attached hydrogen (secondary N) is 1. The zero-order valence-corrected chi connectivity index (χ0v) is 10.3. The molecule has 0 amide bonds. The Labute approximate surface area is 103 Å². The maximum Gasteiger partial charge on any atom is 0.121 e. The Hall–Kier alpha value is -1.22. The lowest BCUT2D eigenvalue weighted by Crippen LogP contribution is -2.34. The molecule has 3 heteroatoms. The van der Waals surface area contributed by atoms with Gasteiger partial charge in [0.05, 0.1) is 0 Å². The molecule has 0 heterocycles. The monoisotopic (exact) mass is 234 g/mol. The van der Waals surface area contributed by atoms with Gasteiger partial charge in [0.15, 0.2) is 0 Å². The van der Waals surface area contributed by atoms with Crippen LogP contribution >= 0.6 is 0 Å². The molecular formula is C14H22N2O. The number of benzene rings is 1. The highest BCUT2D eigenvalue weighted by molar-refractivity contribution is 5.43. The summed E-state index contributed by atoms with van der Waals surface area (Å²) in [5.41, 5.74) is 6.44. The highest BCUT2D eigenvalue weighted by atomic mass is 16.5. The van der Waals surface area contributed by atoms with Crippen LogP contribution in [0.1, 0.15) is 32.1 Å². The molecule has 1 aliphatic rings.